The van der Waals surface area contributed by atoms with Gasteiger partial charge in [0.15, 0.2) is 17.8 Å². The van der Waals surface area contributed by atoms with Crippen molar-refractivity contribution in [3.63, 3.8) is 0 Å². The third kappa shape index (κ3) is 6.65. The van der Waals surface area contributed by atoms with Gasteiger partial charge < -0.3 is 33.5 Å². The van der Waals surface area contributed by atoms with Crippen LogP contribution in [0.25, 0.3) is 0 Å². The lowest BCUT2D eigenvalue weighted by Crippen LogP contribution is -2.65. The fourth-order valence-electron chi connectivity index (χ4n) is 4.57. The SMILES string of the molecule is COc1ccc(CN(CCC2OCC3(CO2)CN(C(=O)OC(C)(C)C)C3)c2ccc(C#N)cn2)cc1OC. The number of hydrogen-bond acceptors (Lipinski definition) is 9. The number of ether oxygens (including phenoxy) is 5. The lowest BCUT2D eigenvalue weighted by molar-refractivity contribution is -0.254. The van der Waals surface area contributed by atoms with Crippen molar-refractivity contribution in [3.05, 3.63) is 47.7 Å². The zero-order chi connectivity index (χ0) is 27.3. The molecular formula is C28H36N4O6. The number of carbonyl (C=O) groups excluding carboxylic acids is 1. The Kier molecular flexibility index (Phi) is 8.29. The van der Waals surface area contributed by atoms with Crippen molar-refractivity contribution < 1.29 is 28.5 Å². The lowest BCUT2D eigenvalue weighted by Gasteiger charge is -2.52. The van der Waals surface area contributed by atoms with Crippen LogP contribution >= 0.6 is 0 Å². The highest BCUT2D eigenvalue weighted by Crippen LogP contribution is 2.36. The van der Waals surface area contributed by atoms with Crippen LogP contribution in [0, 0.1) is 16.7 Å². The van der Waals surface area contributed by atoms with Crippen LogP contribution in [0.5, 0.6) is 11.5 Å². The van der Waals surface area contributed by atoms with Crippen LogP contribution in [0.1, 0.15) is 38.3 Å². The highest BCUT2D eigenvalue weighted by Gasteiger charge is 2.49. The Morgan fingerprint density at radius 2 is 1.87 bits per heavy atom. The number of benzene rings is 1. The number of aromatic nitrogens is 1. The number of rotatable bonds is 8. The van der Waals surface area contributed by atoms with E-state index in [1.165, 1.54) is 0 Å². The lowest BCUT2D eigenvalue weighted by atomic mass is 9.81. The summed E-state index contributed by atoms with van der Waals surface area (Å²) in [6.45, 7) is 8.96. The molecule has 3 heterocycles. The molecule has 0 aliphatic carbocycles. The monoisotopic (exact) mass is 524 g/mol. The van der Waals surface area contributed by atoms with Crippen molar-refractivity contribution in [2.45, 2.75) is 45.6 Å². The summed E-state index contributed by atoms with van der Waals surface area (Å²) in [5, 5.41) is 9.16. The fourth-order valence-corrected chi connectivity index (χ4v) is 4.57. The number of pyridine rings is 1. The van der Waals surface area contributed by atoms with Crippen molar-refractivity contribution in [1.29, 1.82) is 5.26 Å². The molecule has 4 rings (SSSR count). The second-order valence-electron chi connectivity index (χ2n) is 10.8. The number of carbonyl (C=O) groups is 1. The second-order valence-corrected chi connectivity index (χ2v) is 10.8. The number of methoxy groups -OCH3 is 2. The van der Waals surface area contributed by atoms with Gasteiger partial charge in [0.25, 0.3) is 0 Å². The zero-order valence-electron chi connectivity index (χ0n) is 22.7. The van der Waals surface area contributed by atoms with Gasteiger partial charge in [-0.3, -0.25) is 0 Å². The minimum absolute atomic E-state index is 0.179. The Hall–Kier alpha value is -3.55. The van der Waals surface area contributed by atoms with Crippen molar-refractivity contribution in [3.8, 4) is 17.6 Å². The maximum Gasteiger partial charge on any atom is 0.410 e. The fraction of sp³-hybridized carbons (Fsp3) is 0.536. The first-order valence-corrected chi connectivity index (χ1v) is 12.7. The summed E-state index contributed by atoms with van der Waals surface area (Å²) in [4.78, 5) is 20.6. The summed E-state index contributed by atoms with van der Waals surface area (Å²) < 4.78 is 28.4. The molecule has 10 nitrogen and oxygen atoms in total. The van der Waals surface area contributed by atoms with Crippen LogP contribution in [0.2, 0.25) is 0 Å². The molecule has 10 heteroatoms. The third-order valence-corrected chi connectivity index (χ3v) is 6.51. The number of amides is 1. The molecular weight excluding hydrogens is 488 g/mol. The standard InChI is InChI=1S/C28H36N4O6/c1-27(2,3)38-26(33)32-16-28(17-32)18-36-25(37-19-28)10-11-31(24-9-7-21(13-29)14-30-24)15-20-6-8-22(34-4)23(12-20)35-5/h6-9,12,14,25H,10-11,15-19H2,1-5H3. The highest BCUT2D eigenvalue weighted by molar-refractivity contribution is 5.69. The van der Waals surface area contributed by atoms with Gasteiger partial charge in [-0.25, -0.2) is 9.78 Å². The Labute approximate surface area is 224 Å². The van der Waals surface area contributed by atoms with Gasteiger partial charge >= 0.3 is 6.09 Å². The Morgan fingerprint density at radius 3 is 2.45 bits per heavy atom. The molecule has 0 radical (unpaired) electrons. The molecule has 1 aromatic carbocycles. The summed E-state index contributed by atoms with van der Waals surface area (Å²) >= 11 is 0. The molecule has 2 saturated heterocycles. The van der Waals surface area contributed by atoms with Crippen LogP contribution in [0.4, 0.5) is 10.6 Å². The zero-order valence-corrected chi connectivity index (χ0v) is 22.7. The van der Waals surface area contributed by atoms with E-state index in [9.17, 15) is 4.79 Å². The van der Waals surface area contributed by atoms with Crippen molar-refractivity contribution in [2.24, 2.45) is 5.41 Å². The van der Waals surface area contributed by atoms with Gasteiger partial charge in [-0.05, 0) is 50.6 Å². The van der Waals surface area contributed by atoms with Crippen molar-refractivity contribution >= 4 is 11.9 Å². The van der Waals surface area contributed by atoms with Gasteiger partial charge in [0.05, 0.1) is 38.4 Å². The topological polar surface area (TPSA) is 106 Å². The molecule has 0 saturated carbocycles. The molecule has 38 heavy (non-hydrogen) atoms. The molecule has 1 spiro atoms. The van der Waals surface area contributed by atoms with Crippen molar-refractivity contribution in [2.75, 3.05) is 52.0 Å². The van der Waals surface area contributed by atoms with Gasteiger partial charge in [-0.1, -0.05) is 6.07 Å². The van der Waals surface area contributed by atoms with E-state index in [0.29, 0.717) is 62.9 Å². The van der Waals surface area contributed by atoms with E-state index in [0.717, 1.165) is 11.4 Å². The highest BCUT2D eigenvalue weighted by atomic mass is 16.7. The largest absolute Gasteiger partial charge is 0.493 e. The molecule has 2 aromatic rings. The van der Waals surface area contributed by atoms with Crippen LogP contribution in [0.3, 0.4) is 0 Å². The Bertz CT molecular complexity index is 1140. The van der Waals surface area contributed by atoms with Gasteiger partial charge in [0, 0.05) is 38.8 Å². The molecule has 0 unspecified atom stereocenters. The maximum absolute atomic E-state index is 12.3. The molecule has 2 aliphatic heterocycles. The normalized spacial score (nSPS) is 16.9. The number of nitriles is 1. The van der Waals surface area contributed by atoms with Crippen molar-refractivity contribution in [1.82, 2.24) is 9.88 Å². The molecule has 1 aromatic heterocycles. The molecule has 1 amide bonds. The predicted molar refractivity (Wildman–Crippen MR) is 140 cm³/mol. The third-order valence-electron chi connectivity index (χ3n) is 6.51. The molecule has 204 valence electrons. The summed E-state index contributed by atoms with van der Waals surface area (Å²) in [6, 6.07) is 11.5. The number of hydrogen-bond donors (Lipinski definition) is 0. The van der Waals surface area contributed by atoms with Gasteiger partial charge in [-0.2, -0.15) is 5.26 Å². The van der Waals surface area contributed by atoms with Gasteiger partial charge in [0.1, 0.15) is 17.5 Å². The predicted octanol–water partition coefficient (Wildman–Crippen LogP) is 3.98. The number of nitrogens with zero attached hydrogens (tertiary/aromatic N) is 4. The molecule has 0 bridgehead atoms. The quantitative estimate of drug-likeness (QED) is 0.507. The van der Waals surface area contributed by atoms with E-state index in [1.54, 1.807) is 31.4 Å². The first kappa shape index (κ1) is 27.5. The van der Waals surface area contributed by atoms with Gasteiger partial charge in [-0.15, -0.1) is 0 Å². The van der Waals surface area contributed by atoms with Crippen LogP contribution in [-0.4, -0.2) is 74.9 Å². The van der Waals surface area contributed by atoms with E-state index < -0.39 is 5.60 Å². The minimum Gasteiger partial charge on any atom is -0.493 e. The van der Waals surface area contributed by atoms with Gasteiger partial charge in [0.2, 0.25) is 0 Å². The first-order chi connectivity index (χ1) is 18.1. The molecule has 2 fully saturated rings. The smallest absolute Gasteiger partial charge is 0.410 e. The summed E-state index contributed by atoms with van der Waals surface area (Å²) in [6.07, 6.45) is 1.54. The van der Waals surface area contributed by atoms with E-state index in [-0.39, 0.29) is 17.8 Å². The minimum atomic E-state index is -0.517. The molecule has 2 aliphatic rings. The summed E-state index contributed by atoms with van der Waals surface area (Å²) in [5.41, 5.74) is 0.832. The van der Waals surface area contributed by atoms with Crippen LogP contribution in [-0.2, 0) is 20.8 Å². The number of likely N-dealkylation sites (tertiary alicyclic amines) is 1. The Morgan fingerprint density at radius 1 is 1.16 bits per heavy atom. The first-order valence-electron chi connectivity index (χ1n) is 12.7. The second kappa shape index (κ2) is 11.5. The van der Waals surface area contributed by atoms with E-state index in [1.807, 2.05) is 45.0 Å². The summed E-state index contributed by atoms with van der Waals surface area (Å²) in [7, 11) is 3.22. The van der Waals surface area contributed by atoms with E-state index in [4.69, 9.17) is 28.9 Å². The maximum atomic E-state index is 12.3. The molecule has 0 N–H and O–H groups in total. The molecule has 0 atom stereocenters. The van der Waals surface area contributed by atoms with E-state index >= 15 is 0 Å². The van der Waals surface area contributed by atoms with Crippen LogP contribution in [0.15, 0.2) is 36.5 Å². The Balaban J connectivity index is 1.35. The average Bonchev–Trinajstić information content (AvgIpc) is 2.89. The number of anilines is 1. The average molecular weight is 525 g/mol. The van der Waals surface area contributed by atoms with E-state index in [2.05, 4.69) is 16.0 Å². The van der Waals surface area contributed by atoms with Crippen LogP contribution < -0.4 is 14.4 Å². The summed E-state index contributed by atoms with van der Waals surface area (Å²) in [5.74, 6) is 2.07.